The fraction of sp³-hybridized carbons (Fsp3) is 0.375. The second-order valence-electron chi connectivity index (χ2n) is 5.87. The van der Waals surface area contributed by atoms with Crippen LogP contribution in [-0.4, -0.2) is 39.3 Å². The van der Waals surface area contributed by atoms with E-state index in [2.05, 4.69) is 20.7 Å². The molecule has 8 nitrogen and oxygen atoms in total. The molecule has 0 bridgehead atoms. The lowest BCUT2D eigenvalue weighted by Gasteiger charge is -2.23. The Balaban J connectivity index is 1.60. The number of nitrogens with one attached hydrogen (secondary N) is 2. The first kappa shape index (κ1) is 14.8. The summed E-state index contributed by atoms with van der Waals surface area (Å²) in [7, 11) is 0. The van der Waals surface area contributed by atoms with E-state index in [0.717, 1.165) is 12.0 Å². The van der Waals surface area contributed by atoms with E-state index in [9.17, 15) is 9.59 Å². The lowest BCUT2D eigenvalue weighted by Crippen LogP contribution is -2.29. The number of carbonyl (C=O) groups excluding carboxylic acids is 2. The zero-order chi connectivity index (χ0) is 16.5. The van der Waals surface area contributed by atoms with Crippen LogP contribution in [0.25, 0.3) is 0 Å². The number of carbonyl (C=O) groups is 2. The summed E-state index contributed by atoms with van der Waals surface area (Å²) in [4.78, 5) is 28.3. The minimum Gasteiger partial charge on any atom is -0.368 e. The van der Waals surface area contributed by atoms with Gasteiger partial charge in [-0.1, -0.05) is 30.3 Å². The number of nitrogens with zero attached hydrogens (tertiary/aromatic N) is 3. The molecule has 3 heterocycles. The van der Waals surface area contributed by atoms with Crippen LogP contribution >= 0.6 is 0 Å². The topological polar surface area (TPSA) is 98.1 Å². The Kier molecular flexibility index (Phi) is 3.73. The molecule has 2 N–H and O–H groups in total. The Bertz CT molecular complexity index is 767. The maximum Gasteiger partial charge on any atom is 0.255 e. The van der Waals surface area contributed by atoms with Crippen molar-refractivity contribution >= 4 is 23.7 Å². The highest BCUT2D eigenvalue weighted by Gasteiger charge is 2.30. The fourth-order valence-corrected chi connectivity index (χ4v) is 3.03. The highest BCUT2D eigenvalue weighted by Crippen LogP contribution is 2.29. The van der Waals surface area contributed by atoms with Crippen LogP contribution in [0.4, 0.5) is 11.9 Å². The van der Waals surface area contributed by atoms with Crippen molar-refractivity contribution in [1.29, 1.82) is 0 Å². The highest BCUT2D eigenvalue weighted by atomic mass is 16.5. The highest BCUT2D eigenvalue weighted by molar-refractivity contribution is 5.94. The monoisotopic (exact) mass is 327 g/mol. The zero-order valence-corrected chi connectivity index (χ0v) is 12.9. The van der Waals surface area contributed by atoms with Gasteiger partial charge in [0.25, 0.3) is 11.9 Å². The average molecular weight is 327 g/mol. The molecule has 24 heavy (non-hydrogen) atoms. The van der Waals surface area contributed by atoms with Crippen LogP contribution in [0.5, 0.6) is 0 Å². The Morgan fingerprint density at radius 2 is 2.17 bits per heavy atom. The number of benzene rings is 1. The summed E-state index contributed by atoms with van der Waals surface area (Å²) >= 11 is 0. The summed E-state index contributed by atoms with van der Waals surface area (Å²) < 4.78 is 6.99. The van der Waals surface area contributed by atoms with Gasteiger partial charge in [0.15, 0.2) is 0 Å². The van der Waals surface area contributed by atoms with Gasteiger partial charge in [-0.05, 0) is 18.4 Å². The number of ether oxygens (including phenoxy) is 1. The van der Waals surface area contributed by atoms with Crippen molar-refractivity contribution in [2.24, 2.45) is 0 Å². The second kappa shape index (κ2) is 6.04. The number of amides is 2. The molecule has 1 fully saturated rings. The Hall–Kier alpha value is -2.74. The van der Waals surface area contributed by atoms with Crippen molar-refractivity contribution in [3.8, 4) is 0 Å². The Morgan fingerprint density at radius 3 is 2.92 bits per heavy atom. The molecule has 0 radical (unpaired) electrons. The van der Waals surface area contributed by atoms with E-state index in [1.165, 1.54) is 0 Å². The van der Waals surface area contributed by atoms with Gasteiger partial charge in [-0.15, -0.1) is 5.10 Å². The van der Waals surface area contributed by atoms with Crippen LogP contribution < -0.4 is 10.6 Å². The average Bonchev–Trinajstić information content (AvgIpc) is 3.24. The van der Waals surface area contributed by atoms with Crippen molar-refractivity contribution in [2.45, 2.75) is 31.4 Å². The van der Waals surface area contributed by atoms with Crippen LogP contribution in [0.15, 0.2) is 30.3 Å². The molecule has 0 aliphatic carbocycles. The Morgan fingerprint density at radius 1 is 1.33 bits per heavy atom. The predicted molar refractivity (Wildman–Crippen MR) is 85.5 cm³/mol. The summed E-state index contributed by atoms with van der Waals surface area (Å²) in [6.07, 6.45) is 1.39. The van der Waals surface area contributed by atoms with Crippen molar-refractivity contribution in [1.82, 2.24) is 14.8 Å². The first-order valence-corrected chi connectivity index (χ1v) is 7.94. The van der Waals surface area contributed by atoms with Crippen molar-refractivity contribution in [3.05, 3.63) is 35.9 Å². The summed E-state index contributed by atoms with van der Waals surface area (Å²) in [5.41, 5.74) is 0.968. The van der Waals surface area contributed by atoms with Gasteiger partial charge in [0.1, 0.15) is 6.10 Å². The molecule has 1 aromatic heterocycles. The first-order chi connectivity index (χ1) is 11.7. The maximum absolute atomic E-state index is 12.1. The van der Waals surface area contributed by atoms with Gasteiger partial charge in [0, 0.05) is 6.61 Å². The normalized spacial score (nSPS) is 22.8. The van der Waals surface area contributed by atoms with E-state index in [4.69, 9.17) is 4.74 Å². The number of rotatable bonds is 3. The van der Waals surface area contributed by atoms with E-state index in [0.29, 0.717) is 19.0 Å². The Labute approximate surface area is 138 Å². The van der Waals surface area contributed by atoms with Crippen molar-refractivity contribution < 1.29 is 14.3 Å². The molecule has 124 valence electrons. The fourth-order valence-electron chi connectivity index (χ4n) is 3.03. The lowest BCUT2D eigenvalue weighted by atomic mass is 10.0. The number of hydrogen-bond donors (Lipinski definition) is 2. The van der Waals surface area contributed by atoms with Gasteiger partial charge in [-0.3, -0.25) is 20.2 Å². The summed E-state index contributed by atoms with van der Waals surface area (Å²) in [5, 5.41) is 9.72. The third-order valence-corrected chi connectivity index (χ3v) is 4.20. The molecule has 4 rings (SSSR count). The number of anilines is 2. The molecule has 2 aliphatic rings. The lowest BCUT2D eigenvalue weighted by molar-refractivity contribution is -0.124. The van der Waals surface area contributed by atoms with Gasteiger partial charge < -0.3 is 4.74 Å². The SMILES string of the molecule is O=C1C[C@H](c2ccccc2)n2nc(NC(=O)[C@@H]3CCCO3)nc2N1. The van der Waals surface area contributed by atoms with E-state index in [-0.39, 0.29) is 30.2 Å². The largest absolute Gasteiger partial charge is 0.368 e. The summed E-state index contributed by atoms with van der Waals surface area (Å²) in [6, 6.07) is 9.40. The smallest absolute Gasteiger partial charge is 0.255 e. The summed E-state index contributed by atoms with van der Waals surface area (Å²) in [5.74, 6) is 0.134. The van der Waals surface area contributed by atoms with Gasteiger partial charge in [0.2, 0.25) is 11.9 Å². The van der Waals surface area contributed by atoms with Gasteiger partial charge in [-0.2, -0.15) is 4.98 Å². The molecule has 2 aliphatic heterocycles. The third kappa shape index (κ3) is 2.76. The molecular weight excluding hydrogens is 310 g/mol. The first-order valence-electron chi connectivity index (χ1n) is 7.94. The van der Waals surface area contributed by atoms with E-state index >= 15 is 0 Å². The minimum absolute atomic E-state index is 0.124. The predicted octanol–water partition coefficient (Wildman–Crippen LogP) is 1.33. The molecule has 0 unspecified atom stereocenters. The third-order valence-electron chi connectivity index (χ3n) is 4.20. The molecule has 0 saturated carbocycles. The van der Waals surface area contributed by atoms with E-state index in [1.54, 1.807) is 4.68 Å². The van der Waals surface area contributed by atoms with E-state index in [1.807, 2.05) is 30.3 Å². The minimum atomic E-state index is -0.454. The molecule has 0 spiro atoms. The standard InChI is InChI=1S/C16H17N5O3/c22-13-9-11(10-5-2-1-3-6-10)21-16(17-13)19-15(20-21)18-14(23)12-7-4-8-24-12/h1-3,5-6,11-12H,4,7-9H2,(H2,17,18,19,20,22,23)/t11-,12+/m1/s1. The van der Waals surface area contributed by atoms with Crippen LogP contribution in [0.1, 0.15) is 30.9 Å². The van der Waals surface area contributed by atoms with Gasteiger partial charge in [-0.25, -0.2) is 4.68 Å². The molecule has 2 aromatic rings. The number of fused-ring (bicyclic) bond motifs is 1. The molecule has 1 saturated heterocycles. The quantitative estimate of drug-likeness (QED) is 0.886. The van der Waals surface area contributed by atoms with E-state index < -0.39 is 6.10 Å². The summed E-state index contributed by atoms with van der Waals surface area (Å²) in [6.45, 7) is 0.595. The molecule has 1 aromatic carbocycles. The molecule has 2 atom stereocenters. The van der Waals surface area contributed by atoms with Crippen LogP contribution in [0.3, 0.4) is 0 Å². The molecule has 2 amide bonds. The molecule has 8 heteroatoms. The molecular formula is C16H17N5O3. The van der Waals surface area contributed by atoms with Crippen LogP contribution in [0, 0.1) is 0 Å². The van der Waals surface area contributed by atoms with Gasteiger partial charge in [0.05, 0.1) is 12.5 Å². The number of aromatic nitrogens is 3. The van der Waals surface area contributed by atoms with Crippen LogP contribution in [0.2, 0.25) is 0 Å². The zero-order valence-electron chi connectivity index (χ0n) is 12.9. The maximum atomic E-state index is 12.1. The second-order valence-corrected chi connectivity index (χ2v) is 5.87. The van der Waals surface area contributed by atoms with Crippen molar-refractivity contribution in [2.75, 3.05) is 17.2 Å². The van der Waals surface area contributed by atoms with Crippen LogP contribution in [-0.2, 0) is 14.3 Å². The van der Waals surface area contributed by atoms with Crippen molar-refractivity contribution in [3.63, 3.8) is 0 Å². The van der Waals surface area contributed by atoms with Gasteiger partial charge >= 0.3 is 0 Å². The number of hydrogen-bond acceptors (Lipinski definition) is 5.